The maximum absolute atomic E-state index is 10.8. The van der Waals surface area contributed by atoms with Crippen LogP contribution in [-0.4, -0.2) is 16.2 Å². The Kier molecular flexibility index (Phi) is 4.26. The number of benzene rings is 1. The minimum atomic E-state index is -0.877. The Morgan fingerprint density at radius 3 is 2.75 bits per heavy atom. The lowest BCUT2D eigenvalue weighted by Crippen LogP contribution is -2.25. The number of carbonyl (C=O) groups is 1. The quantitative estimate of drug-likeness (QED) is 0.524. The zero-order valence-electron chi connectivity index (χ0n) is 8.02. The van der Waals surface area contributed by atoms with Crippen molar-refractivity contribution >= 4 is 39.1 Å². The van der Waals surface area contributed by atoms with Gasteiger partial charge in [-0.3, -0.25) is 14.9 Å². The van der Waals surface area contributed by atoms with Crippen LogP contribution in [-0.2, 0) is 11.2 Å². The third-order valence-corrected chi connectivity index (χ3v) is 3.09. The van der Waals surface area contributed by atoms with Crippen molar-refractivity contribution in [2.45, 2.75) is 11.8 Å². The standard InChI is InChI=1S/C9H8BrClN2O3/c10-7-2-1-6(13(15)16)3-5(7)4-8(11)9(12)14/h1-3,8H,4H2,(H2,12,14). The van der Waals surface area contributed by atoms with Crippen molar-refractivity contribution in [3.05, 3.63) is 38.3 Å². The highest BCUT2D eigenvalue weighted by Gasteiger charge is 2.16. The number of amides is 1. The molecular formula is C9H8BrClN2O3. The van der Waals surface area contributed by atoms with Crippen molar-refractivity contribution < 1.29 is 9.72 Å². The molecule has 0 aliphatic rings. The molecule has 1 aromatic rings. The van der Waals surface area contributed by atoms with Crippen LogP contribution in [0, 0.1) is 10.1 Å². The van der Waals surface area contributed by atoms with Crippen LogP contribution in [0.1, 0.15) is 5.56 Å². The van der Waals surface area contributed by atoms with Crippen LogP contribution in [0.4, 0.5) is 5.69 Å². The number of rotatable bonds is 4. The number of alkyl halides is 1. The minimum absolute atomic E-state index is 0.0495. The Morgan fingerprint density at radius 1 is 1.62 bits per heavy atom. The smallest absolute Gasteiger partial charge is 0.269 e. The highest BCUT2D eigenvalue weighted by atomic mass is 79.9. The van der Waals surface area contributed by atoms with Gasteiger partial charge in [0.05, 0.1) is 4.92 Å². The third kappa shape index (κ3) is 3.18. The first-order valence-electron chi connectivity index (χ1n) is 4.28. The van der Waals surface area contributed by atoms with Gasteiger partial charge in [-0.25, -0.2) is 0 Å². The predicted molar refractivity (Wildman–Crippen MR) is 63.3 cm³/mol. The molecule has 1 aromatic carbocycles. The zero-order valence-corrected chi connectivity index (χ0v) is 10.4. The van der Waals surface area contributed by atoms with Crippen molar-refractivity contribution in [2.75, 3.05) is 0 Å². The van der Waals surface area contributed by atoms with Crippen molar-refractivity contribution in [3.8, 4) is 0 Å². The van der Waals surface area contributed by atoms with E-state index in [9.17, 15) is 14.9 Å². The van der Waals surface area contributed by atoms with Crippen molar-refractivity contribution in [1.82, 2.24) is 0 Å². The van der Waals surface area contributed by atoms with E-state index in [0.29, 0.717) is 10.0 Å². The van der Waals surface area contributed by atoms with E-state index in [4.69, 9.17) is 17.3 Å². The molecule has 0 saturated heterocycles. The molecule has 0 heterocycles. The molecular weight excluding hydrogens is 299 g/mol. The fourth-order valence-electron chi connectivity index (χ4n) is 1.12. The molecule has 0 aromatic heterocycles. The van der Waals surface area contributed by atoms with E-state index in [2.05, 4.69) is 15.9 Å². The molecule has 86 valence electrons. The molecule has 0 spiro atoms. The van der Waals surface area contributed by atoms with Gasteiger partial charge in [-0.05, 0) is 18.1 Å². The predicted octanol–water partition coefficient (Wildman–Crippen LogP) is 1.99. The topological polar surface area (TPSA) is 86.2 Å². The molecule has 16 heavy (non-hydrogen) atoms. The fraction of sp³-hybridized carbons (Fsp3) is 0.222. The van der Waals surface area contributed by atoms with Gasteiger partial charge in [0.1, 0.15) is 5.38 Å². The number of nitrogens with two attached hydrogens (primary N) is 1. The van der Waals surface area contributed by atoms with E-state index >= 15 is 0 Å². The summed E-state index contributed by atoms with van der Waals surface area (Å²) in [4.78, 5) is 20.8. The maximum Gasteiger partial charge on any atom is 0.269 e. The third-order valence-electron chi connectivity index (χ3n) is 1.95. The number of nitrogens with zero attached hydrogens (tertiary/aromatic N) is 1. The zero-order chi connectivity index (χ0) is 12.3. The van der Waals surface area contributed by atoms with E-state index in [1.807, 2.05) is 0 Å². The summed E-state index contributed by atoms with van der Waals surface area (Å²) in [5, 5.41) is 9.67. The summed E-state index contributed by atoms with van der Waals surface area (Å²) in [6, 6.07) is 4.27. The molecule has 0 saturated carbocycles. The Bertz CT molecular complexity index is 439. The molecule has 0 fully saturated rings. The van der Waals surface area contributed by atoms with E-state index in [0.717, 1.165) is 0 Å². The van der Waals surface area contributed by atoms with Crippen LogP contribution in [0.25, 0.3) is 0 Å². The summed E-state index contributed by atoms with van der Waals surface area (Å²) in [5.74, 6) is -0.653. The summed E-state index contributed by atoms with van der Waals surface area (Å²) in [6.07, 6.45) is 0.152. The SMILES string of the molecule is NC(=O)C(Cl)Cc1cc([N+](=O)[O-])ccc1Br. The molecule has 7 heteroatoms. The highest BCUT2D eigenvalue weighted by Crippen LogP contribution is 2.24. The van der Waals surface area contributed by atoms with Crippen LogP contribution in [0.2, 0.25) is 0 Å². The number of non-ortho nitro benzene ring substituents is 1. The second-order valence-electron chi connectivity index (χ2n) is 3.11. The Hall–Kier alpha value is -1.14. The minimum Gasteiger partial charge on any atom is -0.368 e. The van der Waals surface area contributed by atoms with Crippen LogP contribution in [0.3, 0.4) is 0 Å². The molecule has 0 radical (unpaired) electrons. The fourth-order valence-corrected chi connectivity index (χ4v) is 1.70. The van der Waals surface area contributed by atoms with Crippen molar-refractivity contribution in [2.24, 2.45) is 5.73 Å². The second-order valence-corrected chi connectivity index (χ2v) is 4.49. The first kappa shape index (κ1) is 12.9. The van der Waals surface area contributed by atoms with Gasteiger partial charge in [0.25, 0.3) is 5.69 Å². The summed E-state index contributed by atoms with van der Waals surface area (Å²) in [6.45, 7) is 0. The Labute approximate surface area is 105 Å². The van der Waals surface area contributed by atoms with Gasteiger partial charge in [0, 0.05) is 16.6 Å². The molecule has 2 N–H and O–H groups in total. The number of nitro groups is 1. The molecule has 1 rings (SSSR count). The lowest BCUT2D eigenvalue weighted by molar-refractivity contribution is -0.384. The molecule has 5 nitrogen and oxygen atoms in total. The molecule has 1 amide bonds. The highest BCUT2D eigenvalue weighted by molar-refractivity contribution is 9.10. The normalized spacial score (nSPS) is 12.1. The monoisotopic (exact) mass is 306 g/mol. The summed E-state index contributed by atoms with van der Waals surface area (Å²) in [7, 11) is 0. The van der Waals surface area contributed by atoms with Gasteiger partial charge in [0.2, 0.25) is 5.91 Å². The number of hydrogen-bond acceptors (Lipinski definition) is 3. The van der Waals surface area contributed by atoms with Crippen LogP contribution >= 0.6 is 27.5 Å². The van der Waals surface area contributed by atoms with Crippen LogP contribution < -0.4 is 5.73 Å². The lowest BCUT2D eigenvalue weighted by atomic mass is 10.1. The Balaban J connectivity index is 2.98. The summed E-state index contributed by atoms with van der Waals surface area (Å²) < 4.78 is 0.657. The largest absolute Gasteiger partial charge is 0.368 e. The van der Waals surface area contributed by atoms with Gasteiger partial charge in [0.15, 0.2) is 0 Å². The van der Waals surface area contributed by atoms with Crippen LogP contribution in [0.15, 0.2) is 22.7 Å². The average molecular weight is 308 g/mol. The molecule has 0 aliphatic carbocycles. The van der Waals surface area contributed by atoms with Gasteiger partial charge < -0.3 is 5.73 Å². The maximum atomic E-state index is 10.8. The molecule has 0 bridgehead atoms. The first-order chi connectivity index (χ1) is 7.41. The number of carbonyl (C=O) groups excluding carboxylic acids is 1. The average Bonchev–Trinajstić information content (AvgIpc) is 2.20. The van der Waals surface area contributed by atoms with Gasteiger partial charge in [-0.2, -0.15) is 0 Å². The number of halogens is 2. The van der Waals surface area contributed by atoms with E-state index in [1.54, 1.807) is 0 Å². The summed E-state index contributed by atoms with van der Waals surface area (Å²) in [5.41, 5.74) is 5.54. The van der Waals surface area contributed by atoms with Gasteiger partial charge in [-0.1, -0.05) is 15.9 Å². The van der Waals surface area contributed by atoms with Crippen molar-refractivity contribution in [1.29, 1.82) is 0 Å². The Morgan fingerprint density at radius 2 is 2.25 bits per heavy atom. The number of primary amides is 1. The van der Waals surface area contributed by atoms with Crippen molar-refractivity contribution in [3.63, 3.8) is 0 Å². The number of nitro benzene ring substituents is 1. The second kappa shape index (κ2) is 5.27. The van der Waals surface area contributed by atoms with E-state index in [-0.39, 0.29) is 12.1 Å². The van der Waals surface area contributed by atoms with E-state index in [1.165, 1.54) is 18.2 Å². The first-order valence-corrected chi connectivity index (χ1v) is 5.51. The van der Waals surface area contributed by atoms with Crippen LogP contribution in [0.5, 0.6) is 0 Å². The number of hydrogen-bond donors (Lipinski definition) is 1. The van der Waals surface area contributed by atoms with E-state index < -0.39 is 16.2 Å². The summed E-state index contributed by atoms with van der Waals surface area (Å²) >= 11 is 8.91. The molecule has 1 unspecified atom stereocenters. The molecule has 0 aliphatic heterocycles. The van der Waals surface area contributed by atoms with Gasteiger partial charge in [-0.15, -0.1) is 11.6 Å². The lowest BCUT2D eigenvalue weighted by Gasteiger charge is -2.07. The van der Waals surface area contributed by atoms with Gasteiger partial charge >= 0.3 is 0 Å². The molecule has 1 atom stereocenters.